The molecule has 0 unspecified atom stereocenters. The minimum Gasteiger partial charge on any atom is -0.348 e. The first-order valence-corrected chi connectivity index (χ1v) is 9.40. The zero-order valence-electron chi connectivity index (χ0n) is 15.6. The summed E-state index contributed by atoms with van der Waals surface area (Å²) in [7, 11) is 3.42. The summed E-state index contributed by atoms with van der Waals surface area (Å²) in [5.74, 6) is 0.526. The highest BCUT2D eigenvalue weighted by molar-refractivity contribution is 8.00. The molecule has 8 nitrogen and oxygen atoms in total. The van der Waals surface area contributed by atoms with Crippen molar-refractivity contribution in [2.24, 2.45) is 0 Å². The highest BCUT2D eigenvalue weighted by Crippen LogP contribution is 2.31. The molecule has 9 heteroatoms. The lowest BCUT2D eigenvalue weighted by molar-refractivity contribution is -0.384. The van der Waals surface area contributed by atoms with Gasteiger partial charge in [0.05, 0.1) is 10.2 Å². The van der Waals surface area contributed by atoms with E-state index in [-0.39, 0.29) is 16.8 Å². The lowest BCUT2D eigenvalue weighted by Gasteiger charge is -2.16. The highest BCUT2D eigenvalue weighted by Gasteiger charge is 2.23. The molecule has 28 heavy (non-hydrogen) atoms. The fourth-order valence-corrected chi connectivity index (χ4v) is 3.66. The van der Waals surface area contributed by atoms with Crippen LogP contribution in [0.5, 0.6) is 0 Å². The Morgan fingerprint density at radius 1 is 1.11 bits per heavy atom. The van der Waals surface area contributed by atoms with Gasteiger partial charge in [-0.15, -0.1) is 10.2 Å². The Kier molecular flexibility index (Phi) is 5.74. The molecule has 1 atom stereocenters. The molecule has 1 heterocycles. The number of hydrogen-bond donors (Lipinski definition) is 0. The highest BCUT2D eigenvalue weighted by atomic mass is 32.2. The average Bonchev–Trinajstić information content (AvgIpc) is 3.11. The van der Waals surface area contributed by atoms with Crippen molar-refractivity contribution in [1.29, 1.82) is 0 Å². The van der Waals surface area contributed by atoms with Crippen molar-refractivity contribution in [2.45, 2.75) is 17.3 Å². The maximum absolute atomic E-state index is 12.3. The van der Waals surface area contributed by atoms with Gasteiger partial charge in [0.15, 0.2) is 11.0 Å². The van der Waals surface area contributed by atoms with Gasteiger partial charge in [0, 0.05) is 37.5 Å². The summed E-state index contributed by atoms with van der Waals surface area (Å²) < 4.78 is 1.85. The molecule has 0 radical (unpaired) electrons. The number of thioether (sulfide) groups is 1. The third-order valence-electron chi connectivity index (χ3n) is 4.05. The molecule has 0 bridgehead atoms. The first-order valence-electron chi connectivity index (χ1n) is 8.52. The predicted octanol–water partition coefficient (Wildman–Crippen LogP) is 3.41. The van der Waals surface area contributed by atoms with Crippen molar-refractivity contribution in [3.8, 4) is 17.1 Å². The Morgan fingerprint density at radius 2 is 1.75 bits per heavy atom. The molecule has 0 aliphatic carbocycles. The minimum atomic E-state index is -0.443. The summed E-state index contributed by atoms with van der Waals surface area (Å²) in [5.41, 5.74) is 1.54. The molecule has 0 saturated heterocycles. The van der Waals surface area contributed by atoms with Crippen molar-refractivity contribution in [3.05, 3.63) is 64.7 Å². The van der Waals surface area contributed by atoms with E-state index < -0.39 is 4.92 Å². The maximum atomic E-state index is 12.3. The first kappa shape index (κ1) is 19.6. The quantitative estimate of drug-likeness (QED) is 0.359. The first-order chi connectivity index (χ1) is 13.4. The lowest BCUT2D eigenvalue weighted by Crippen LogP contribution is -2.29. The van der Waals surface area contributed by atoms with E-state index in [4.69, 9.17) is 0 Å². The molecule has 2 aromatic carbocycles. The van der Waals surface area contributed by atoms with E-state index in [9.17, 15) is 14.9 Å². The third-order valence-corrected chi connectivity index (χ3v) is 5.09. The number of non-ortho nitro benzene ring substituents is 1. The van der Waals surface area contributed by atoms with Crippen molar-refractivity contribution in [2.75, 3.05) is 14.1 Å². The zero-order chi connectivity index (χ0) is 20.3. The number of rotatable bonds is 6. The van der Waals surface area contributed by atoms with Gasteiger partial charge in [-0.3, -0.25) is 19.5 Å². The third kappa shape index (κ3) is 4.04. The van der Waals surface area contributed by atoms with E-state index in [1.807, 2.05) is 41.8 Å². The summed E-state index contributed by atoms with van der Waals surface area (Å²) in [5, 5.41) is 19.7. The van der Waals surface area contributed by atoms with Crippen LogP contribution in [0.4, 0.5) is 5.69 Å². The Labute approximate surface area is 166 Å². The van der Waals surface area contributed by atoms with Gasteiger partial charge in [0.1, 0.15) is 0 Å². The number of nitrogens with zero attached hydrogens (tertiary/aromatic N) is 5. The number of nitro benzene ring substituents is 1. The summed E-state index contributed by atoms with van der Waals surface area (Å²) >= 11 is 1.31. The molecule has 0 saturated carbocycles. The van der Waals surface area contributed by atoms with Gasteiger partial charge in [-0.2, -0.15) is 0 Å². The van der Waals surface area contributed by atoms with Crippen LogP contribution in [0.3, 0.4) is 0 Å². The summed E-state index contributed by atoms with van der Waals surface area (Å²) in [4.78, 5) is 24.3. The Bertz CT molecular complexity index is 987. The fourth-order valence-electron chi connectivity index (χ4n) is 2.65. The van der Waals surface area contributed by atoms with E-state index in [2.05, 4.69) is 10.2 Å². The van der Waals surface area contributed by atoms with Gasteiger partial charge in [0.25, 0.3) is 5.69 Å². The van der Waals surface area contributed by atoms with Crippen LogP contribution in [-0.2, 0) is 4.79 Å². The van der Waals surface area contributed by atoms with E-state index in [0.29, 0.717) is 16.5 Å². The molecule has 3 rings (SSSR count). The van der Waals surface area contributed by atoms with Gasteiger partial charge in [-0.05, 0) is 31.2 Å². The molecule has 1 amide bonds. The van der Waals surface area contributed by atoms with Gasteiger partial charge in [-0.25, -0.2) is 0 Å². The van der Waals surface area contributed by atoms with Gasteiger partial charge in [0.2, 0.25) is 5.91 Å². The molecular weight excluding hydrogens is 378 g/mol. The number of amides is 1. The topological polar surface area (TPSA) is 94.2 Å². The fraction of sp³-hybridized carbons (Fsp3) is 0.211. The largest absolute Gasteiger partial charge is 0.348 e. The van der Waals surface area contributed by atoms with Crippen molar-refractivity contribution >= 4 is 23.4 Å². The molecule has 0 fully saturated rings. The number of benzene rings is 2. The van der Waals surface area contributed by atoms with Crippen molar-refractivity contribution < 1.29 is 9.72 Å². The van der Waals surface area contributed by atoms with E-state index in [0.717, 1.165) is 5.69 Å². The minimum absolute atomic E-state index is 0.00864. The predicted molar refractivity (Wildman–Crippen MR) is 107 cm³/mol. The molecule has 3 aromatic rings. The van der Waals surface area contributed by atoms with Gasteiger partial charge < -0.3 is 4.90 Å². The van der Waals surface area contributed by atoms with Crippen LogP contribution >= 0.6 is 11.8 Å². The Hall–Kier alpha value is -3.20. The van der Waals surface area contributed by atoms with Crippen LogP contribution in [0, 0.1) is 10.1 Å². The monoisotopic (exact) mass is 397 g/mol. The average molecular weight is 397 g/mol. The number of carbonyl (C=O) groups is 1. The second-order valence-corrected chi connectivity index (χ2v) is 7.58. The second-order valence-electron chi connectivity index (χ2n) is 6.27. The van der Waals surface area contributed by atoms with E-state index in [1.165, 1.54) is 28.8 Å². The number of nitro groups is 1. The molecule has 0 aliphatic heterocycles. The maximum Gasteiger partial charge on any atom is 0.269 e. The van der Waals surface area contributed by atoms with Crippen LogP contribution in [0.15, 0.2) is 59.8 Å². The lowest BCUT2D eigenvalue weighted by atomic mass is 10.2. The summed E-state index contributed by atoms with van der Waals surface area (Å²) in [6.45, 7) is 1.82. The van der Waals surface area contributed by atoms with Gasteiger partial charge in [-0.1, -0.05) is 30.0 Å². The van der Waals surface area contributed by atoms with Crippen molar-refractivity contribution in [3.63, 3.8) is 0 Å². The summed E-state index contributed by atoms with van der Waals surface area (Å²) in [6.07, 6.45) is 0. The Balaban J connectivity index is 2.05. The second kappa shape index (κ2) is 8.22. The number of carbonyl (C=O) groups excluding carboxylic acids is 1. The molecular formula is C19H19N5O3S. The van der Waals surface area contributed by atoms with Crippen LogP contribution in [0.1, 0.15) is 6.92 Å². The van der Waals surface area contributed by atoms with Crippen LogP contribution < -0.4 is 0 Å². The zero-order valence-corrected chi connectivity index (χ0v) is 16.5. The number of para-hydroxylation sites is 1. The van der Waals surface area contributed by atoms with E-state index in [1.54, 1.807) is 26.2 Å². The normalized spacial score (nSPS) is 11.8. The Morgan fingerprint density at radius 3 is 2.32 bits per heavy atom. The number of hydrogen-bond acceptors (Lipinski definition) is 6. The molecule has 0 aliphatic rings. The molecule has 1 aromatic heterocycles. The molecule has 144 valence electrons. The molecule has 0 N–H and O–H groups in total. The summed E-state index contributed by atoms with van der Waals surface area (Å²) in [6, 6.07) is 15.7. The van der Waals surface area contributed by atoms with E-state index >= 15 is 0 Å². The standard InChI is InChI=1S/C19H19N5O3S/c1-13(18(25)22(2)3)28-19-21-20-17(23(19)15-7-5-4-6-8-15)14-9-11-16(12-10-14)24(26)27/h4-13H,1-3H3/t13-/m1/s1. The molecule has 0 spiro atoms. The van der Waals surface area contributed by atoms with Gasteiger partial charge >= 0.3 is 0 Å². The van der Waals surface area contributed by atoms with Crippen molar-refractivity contribution in [1.82, 2.24) is 19.7 Å². The smallest absolute Gasteiger partial charge is 0.269 e. The van der Waals surface area contributed by atoms with Crippen LogP contribution in [0.25, 0.3) is 17.1 Å². The number of aromatic nitrogens is 3. The SMILES string of the molecule is C[C@@H](Sc1nnc(-c2ccc([N+](=O)[O-])cc2)n1-c1ccccc1)C(=O)N(C)C. The van der Waals surface area contributed by atoms with Crippen LogP contribution in [-0.4, -0.2) is 49.8 Å². The van der Waals surface area contributed by atoms with Crippen LogP contribution in [0.2, 0.25) is 0 Å².